The summed E-state index contributed by atoms with van der Waals surface area (Å²) in [5.41, 5.74) is 1.000. The maximum atomic E-state index is 12.2. The summed E-state index contributed by atoms with van der Waals surface area (Å²) in [6.45, 7) is 4.00. The number of aromatic nitrogens is 1. The van der Waals surface area contributed by atoms with Gasteiger partial charge in [0.25, 0.3) is 5.56 Å². The van der Waals surface area contributed by atoms with Crippen molar-refractivity contribution >= 4 is 22.5 Å². The van der Waals surface area contributed by atoms with Crippen LogP contribution in [0.25, 0.3) is 22.0 Å². The Morgan fingerprint density at radius 3 is 2.43 bits per heavy atom. The Bertz CT molecular complexity index is 941. The first-order valence-corrected chi connectivity index (χ1v) is 7.53. The minimum atomic E-state index is -0.410. The van der Waals surface area contributed by atoms with E-state index in [9.17, 15) is 9.90 Å². The molecule has 1 aromatic heterocycles. The van der Waals surface area contributed by atoms with E-state index in [1.807, 2.05) is 26.0 Å². The molecule has 0 saturated heterocycles. The minimum absolute atomic E-state index is 0.159. The third-order valence-corrected chi connectivity index (χ3v) is 3.57. The van der Waals surface area contributed by atoms with Crippen LogP contribution in [0, 0.1) is 11.3 Å². The normalized spacial score (nSPS) is 9.83. The topological polar surface area (TPSA) is 76.9 Å². The molecule has 0 radical (unpaired) electrons. The van der Waals surface area contributed by atoms with Crippen molar-refractivity contribution in [1.82, 2.24) is 4.98 Å². The molecule has 116 valence electrons. The van der Waals surface area contributed by atoms with Crippen LogP contribution in [0.5, 0.6) is 5.75 Å². The van der Waals surface area contributed by atoms with Gasteiger partial charge in [-0.2, -0.15) is 5.26 Å². The van der Waals surface area contributed by atoms with Crippen LogP contribution in [0.4, 0.5) is 0 Å². The van der Waals surface area contributed by atoms with Crippen LogP contribution in [0.2, 0.25) is 5.02 Å². The van der Waals surface area contributed by atoms with Crippen LogP contribution >= 0.6 is 11.6 Å². The number of halogens is 1. The van der Waals surface area contributed by atoms with Crippen molar-refractivity contribution in [2.45, 2.75) is 13.8 Å². The molecule has 3 aromatic rings. The zero-order valence-electron chi connectivity index (χ0n) is 12.7. The lowest BCUT2D eigenvalue weighted by Gasteiger charge is -2.08. The molecule has 0 aliphatic heterocycles. The van der Waals surface area contributed by atoms with Crippen molar-refractivity contribution in [2.75, 3.05) is 0 Å². The average molecular weight is 327 g/mol. The number of aromatic amines is 1. The van der Waals surface area contributed by atoms with Gasteiger partial charge >= 0.3 is 0 Å². The highest BCUT2D eigenvalue weighted by Crippen LogP contribution is 2.34. The van der Waals surface area contributed by atoms with E-state index in [2.05, 4.69) is 4.98 Å². The van der Waals surface area contributed by atoms with Gasteiger partial charge in [-0.3, -0.25) is 4.79 Å². The van der Waals surface area contributed by atoms with Crippen molar-refractivity contribution in [2.24, 2.45) is 0 Å². The fourth-order valence-electron chi connectivity index (χ4n) is 2.26. The van der Waals surface area contributed by atoms with E-state index in [0.29, 0.717) is 16.5 Å². The van der Waals surface area contributed by atoms with Gasteiger partial charge in [0.1, 0.15) is 11.8 Å². The van der Waals surface area contributed by atoms with Gasteiger partial charge in [0.2, 0.25) is 0 Å². The minimum Gasteiger partial charge on any atom is -0.506 e. The summed E-state index contributed by atoms with van der Waals surface area (Å²) in [7, 11) is 0. The van der Waals surface area contributed by atoms with Crippen molar-refractivity contribution in [3.63, 3.8) is 0 Å². The average Bonchev–Trinajstić information content (AvgIpc) is 2.57. The molecular weight excluding hydrogens is 312 g/mol. The molecule has 2 aromatic carbocycles. The molecule has 0 saturated carbocycles. The van der Waals surface area contributed by atoms with E-state index in [4.69, 9.17) is 16.9 Å². The van der Waals surface area contributed by atoms with Gasteiger partial charge in [0.15, 0.2) is 0 Å². The Morgan fingerprint density at radius 1 is 1.17 bits per heavy atom. The van der Waals surface area contributed by atoms with E-state index in [1.165, 1.54) is 12.1 Å². The number of nitrogens with zero attached hydrogens (tertiary/aromatic N) is 1. The zero-order chi connectivity index (χ0) is 17.0. The SMILES string of the molecule is CC.N#Cc1cc2c(O)c(-c3ccccc3)c(=O)[nH]c2cc1Cl. The quantitative estimate of drug-likeness (QED) is 0.693. The van der Waals surface area contributed by atoms with Crippen LogP contribution in [0.15, 0.2) is 47.3 Å². The summed E-state index contributed by atoms with van der Waals surface area (Å²) >= 11 is 5.94. The highest BCUT2D eigenvalue weighted by atomic mass is 35.5. The van der Waals surface area contributed by atoms with Crippen molar-refractivity contribution < 1.29 is 5.11 Å². The molecule has 5 heteroatoms. The second kappa shape index (κ2) is 6.99. The number of fused-ring (bicyclic) bond motifs is 1. The Kier molecular flexibility index (Phi) is 5.05. The second-order valence-corrected chi connectivity index (χ2v) is 4.94. The highest BCUT2D eigenvalue weighted by Gasteiger charge is 2.15. The summed E-state index contributed by atoms with van der Waals surface area (Å²) < 4.78 is 0. The van der Waals surface area contributed by atoms with Gasteiger partial charge in [0.05, 0.1) is 21.7 Å². The lowest BCUT2D eigenvalue weighted by Crippen LogP contribution is -2.09. The third kappa shape index (κ3) is 3.05. The fourth-order valence-corrected chi connectivity index (χ4v) is 2.46. The molecule has 0 amide bonds. The van der Waals surface area contributed by atoms with Crippen molar-refractivity contribution in [3.8, 4) is 22.9 Å². The first-order chi connectivity index (χ1) is 11.1. The van der Waals surface area contributed by atoms with Crippen LogP contribution in [-0.4, -0.2) is 10.1 Å². The number of hydrogen-bond donors (Lipinski definition) is 2. The number of rotatable bonds is 1. The summed E-state index contributed by atoms with van der Waals surface area (Å²) in [6.07, 6.45) is 0. The molecule has 0 atom stereocenters. The monoisotopic (exact) mass is 326 g/mol. The largest absolute Gasteiger partial charge is 0.506 e. The summed E-state index contributed by atoms with van der Waals surface area (Å²) in [6, 6.07) is 13.7. The lowest BCUT2D eigenvalue weighted by atomic mass is 10.0. The summed E-state index contributed by atoms with van der Waals surface area (Å²) in [5, 5.41) is 20.1. The molecule has 0 fully saturated rings. The fraction of sp³-hybridized carbons (Fsp3) is 0.111. The van der Waals surface area contributed by atoms with Crippen molar-refractivity contribution in [3.05, 3.63) is 63.4 Å². The molecule has 0 spiro atoms. The van der Waals surface area contributed by atoms with E-state index in [0.717, 1.165) is 0 Å². The molecule has 23 heavy (non-hydrogen) atoms. The summed E-state index contributed by atoms with van der Waals surface area (Å²) in [5.74, 6) is -0.159. The van der Waals surface area contributed by atoms with Gasteiger partial charge in [-0.1, -0.05) is 55.8 Å². The van der Waals surface area contributed by atoms with Gasteiger partial charge in [-0.15, -0.1) is 0 Å². The van der Waals surface area contributed by atoms with Gasteiger partial charge in [-0.25, -0.2) is 0 Å². The number of hydrogen-bond acceptors (Lipinski definition) is 3. The first-order valence-electron chi connectivity index (χ1n) is 7.16. The van der Waals surface area contributed by atoms with Crippen LogP contribution in [0.1, 0.15) is 19.4 Å². The molecule has 4 nitrogen and oxygen atoms in total. The van der Waals surface area contributed by atoms with E-state index < -0.39 is 5.56 Å². The van der Waals surface area contributed by atoms with Crippen molar-refractivity contribution in [1.29, 1.82) is 5.26 Å². The number of nitrogens with one attached hydrogen (secondary N) is 1. The Hall–Kier alpha value is -2.77. The lowest BCUT2D eigenvalue weighted by molar-refractivity contribution is 0.482. The molecule has 0 aliphatic rings. The molecular formula is C18H15ClN2O2. The summed E-state index contributed by atoms with van der Waals surface area (Å²) in [4.78, 5) is 14.9. The van der Waals surface area contributed by atoms with Crippen LogP contribution < -0.4 is 5.56 Å². The third-order valence-electron chi connectivity index (χ3n) is 3.26. The number of pyridine rings is 1. The Morgan fingerprint density at radius 2 is 1.83 bits per heavy atom. The highest BCUT2D eigenvalue weighted by molar-refractivity contribution is 6.32. The Balaban J connectivity index is 0.000000924. The molecule has 0 unspecified atom stereocenters. The van der Waals surface area contributed by atoms with Gasteiger partial charge < -0.3 is 10.1 Å². The van der Waals surface area contributed by atoms with E-state index in [1.54, 1.807) is 24.3 Å². The molecule has 2 N–H and O–H groups in total. The predicted molar refractivity (Wildman–Crippen MR) is 92.7 cm³/mol. The standard InChI is InChI=1S/C16H9ClN2O2.C2H6/c17-12-7-13-11(6-10(12)8-18)15(20)14(16(21)19-13)9-4-2-1-3-5-9;1-2/h1-7H,(H2,19,20,21);1-2H3. The van der Waals surface area contributed by atoms with Gasteiger partial charge in [0, 0.05) is 5.39 Å². The number of benzene rings is 2. The predicted octanol–water partition coefficient (Wildman–Crippen LogP) is 4.45. The maximum Gasteiger partial charge on any atom is 0.260 e. The van der Waals surface area contributed by atoms with E-state index in [-0.39, 0.29) is 21.9 Å². The van der Waals surface area contributed by atoms with E-state index >= 15 is 0 Å². The molecule has 0 aliphatic carbocycles. The number of H-pyrrole nitrogens is 1. The van der Waals surface area contributed by atoms with Crippen LogP contribution in [-0.2, 0) is 0 Å². The molecule has 3 rings (SSSR count). The number of nitriles is 1. The molecule has 0 bridgehead atoms. The molecule has 1 heterocycles. The Labute approximate surface area is 138 Å². The van der Waals surface area contributed by atoms with Crippen LogP contribution in [0.3, 0.4) is 0 Å². The second-order valence-electron chi connectivity index (χ2n) is 4.53. The number of aromatic hydroxyl groups is 1. The smallest absolute Gasteiger partial charge is 0.260 e. The zero-order valence-corrected chi connectivity index (χ0v) is 13.5. The van der Waals surface area contributed by atoms with Gasteiger partial charge in [-0.05, 0) is 17.7 Å². The first kappa shape index (κ1) is 16.6. The maximum absolute atomic E-state index is 12.2.